The van der Waals surface area contributed by atoms with Gasteiger partial charge in [-0.25, -0.2) is 4.98 Å². The van der Waals surface area contributed by atoms with Crippen LogP contribution in [0.4, 0.5) is 0 Å². The second kappa shape index (κ2) is 4.29. The topological polar surface area (TPSA) is 38.9 Å². The molecular formula is C8H7Cl3N2. The van der Waals surface area contributed by atoms with Crippen LogP contribution in [0.5, 0.6) is 0 Å². The summed E-state index contributed by atoms with van der Waals surface area (Å²) in [6, 6.07) is -0.430. The Morgan fingerprint density at radius 2 is 2.08 bits per heavy atom. The van der Waals surface area contributed by atoms with Gasteiger partial charge in [-0.2, -0.15) is 0 Å². The summed E-state index contributed by atoms with van der Waals surface area (Å²) in [5.74, 6) is 0. The Balaban J connectivity index is 3.32. The molecule has 0 aliphatic carbocycles. The Bertz CT molecular complexity index is 338. The molecule has 0 bridgehead atoms. The lowest BCUT2D eigenvalue weighted by Crippen LogP contribution is -2.08. The van der Waals surface area contributed by atoms with Crippen molar-refractivity contribution in [1.82, 2.24) is 4.98 Å². The van der Waals surface area contributed by atoms with E-state index in [2.05, 4.69) is 11.6 Å². The second-order valence-electron chi connectivity index (χ2n) is 2.39. The molecule has 1 atom stereocenters. The molecule has 0 fully saturated rings. The standard InChI is InChI=1S/C8H7Cl3N2/c1-2-5(12)6-4(9)3-13-8(11)7(6)10/h2-3,5H,1,12H2/t5-/m0/s1. The Morgan fingerprint density at radius 3 is 2.62 bits per heavy atom. The van der Waals surface area contributed by atoms with Crippen LogP contribution in [0.3, 0.4) is 0 Å². The molecule has 2 N–H and O–H groups in total. The van der Waals surface area contributed by atoms with E-state index in [4.69, 9.17) is 40.5 Å². The van der Waals surface area contributed by atoms with E-state index in [0.717, 1.165) is 0 Å². The molecule has 13 heavy (non-hydrogen) atoms. The van der Waals surface area contributed by atoms with Crippen LogP contribution in [-0.4, -0.2) is 4.98 Å². The average Bonchev–Trinajstić information content (AvgIpc) is 2.12. The first kappa shape index (κ1) is 10.8. The number of halogens is 3. The third kappa shape index (κ3) is 2.15. The molecule has 2 nitrogen and oxygen atoms in total. The van der Waals surface area contributed by atoms with Gasteiger partial charge in [-0.3, -0.25) is 0 Å². The van der Waals surface area contributed by atoms with Crippen LogP contribution in [-0.2, 0) is 0 Å². The van der Waals surface area contributed by atoms with E-state index in [1.165, 1.54) is 12.3 Å². The summed E-state index contributed by atoms with van der Waals surface area (Å²) >= 11 is 17.4. The fourth-order valence-corrected chi connectivity index (χ4v) is 1.62. The van der Waals surface area contributed by atoms with Crippen molar-refractivity contribution in [3.8, 4) is 0 Å². The number of aromatic nitrogens is 1. The first-order chi connectivity index (χ1) is 6.07. The van der Waals surface area contributed by atoms with Crippen LogP contribution in [0.1, 0.15) is 11.6 Å². The summed E-state index contributed by atoms with van der Waals surface area (Å²) in [5.41, 5.74) is 6.25. The summed E-state index contributed by atoms with van der Waals surface area (Å²) in [5, 5.41) is 0.863. The number of hydrogen-bond acceptors (Lipinski definition) is 2. The van der Waals surface area contributed by atoms with Crippen LogP contribution in [0, 0.1) is 0 Å². The van der Waals surface area contributed by atoms with Crippen molar-refractivity contribution in [3.05, 3.63) is 39.6 Å². The van der Waals surface area contributed by atoms with Crippen molar-refractivity contribution >= 4 is 34.8 Å². The smallest absolute Gasteiger partial charge is 0.148 e. The average molecular weight is 238 g/mol. The first-order valence-corrected chi connectivity index (χ1v) is 4.58. The number of nitrogens with zero attached hydrogens (tertiary/aromatic N) is 1. The van der Waals surface area contributed by atoms with E-state index in [1.54, 1.807) is 0 Å². The quantitative estimate of drug-likeness (QED) is 0.633. The van der Waals surface area contributed by atoms with Crippen LogP contribution in [0.2, 0.25) is 15.2 Å². The van der Waals surface area contributed by atoms with Gasteiger partial charge >= 0.3 is 0 Å². The lowest BCUT2D eigenvalue weighted by molar-refractivity contribution is 0.910. The molecule has 5 heteroatoms. The molecule has 1 aromatic heterocycles. The Labute approximate surface area is 91.3 Å². The summed E-state index contributed by atoms with van der Waals surface area (Å²) in [6.07, 6.45) is 2.94. The van der Waals surface area contributed by atoms with Crippen LogP contribution < -0.4 is 5.73 Å². The van der Waals surface area contributed by atoms with E-state index in [1.807, 2.05) is 0 Å². The summed E-state index contributed by atoms with van der Waals surface area (Å²) < 4.78 is 0. The minimum atomic E-state index is -0.430. The Hall–Kier alpha value is -0.280. The van der Waals surface area contributed by atoms with E-state index in [0.29, 0.717) is 10.6 Å². The minimum absolute atomic E-state index is 0.193. The SMILES string of the molecule is C=C[C@H](N)c1c(Cl)cnc(Cl)c1Cl. The molecule has 0 amide bonds. The summed E-state index contributed by atoms with van der Waals surface area (Å²) in [4.78, 5) is 3.77. The maximum absolute atomic E-state index is 5.87. The number of rotatable bonds is 2. The zero-order valence-corrected chi connectivity index (χ0v) is 8.87. The predicted molar refractivity (Wildman–Crippen MR) is 56.4 cm³/mol. The minimum Gasteiger partial charge on any atom is -0.321 e. The fraction of sp³-hybridized carbons (Fsp3) is 0.125. The van der Waals surface area contributed by atoms with Gasteiger partial charge in [-0.15, -0.1) is 6.58 Å². The third-order valence-electron chi connectivity index (χ3n) is 1.55. The van der Waals surface area contributed by atoms with Crippen LogP contribution in [0.25, 0.3) is 0 Å². The molecule has 0 aliphatic rings. The van der Waals surface area contributed by atoms with Gasteiger partial charge in [0.05, 0.1) is 16.1 Å². The molecule has 70 valence electrons. The van der Waals surface area contributed by atoms with Crippen molar-refractivity contribution < 1.29 is 0 Å². The Kier molecular flexibility index (Phi) is 3.56. The van der Waals surface area contributed by atoms with Gasteiger partial charge in [0.15, 0.2) is 0 Å². The van der Waals surface area contributed by atoms with Crippen LogP contribution in [0.15, 0.2) is 18.9 Å². The lowest BCUT2D eigenvalue weighted by Gasteiger charge is -2.11. The number of pyridine rings is 1. The highest BCUT2D eigenvalue weighted by molar-refractivity contribution is 6.43. The predicted octanol–water partition coefficient (Wildman–Crippen LogP) is 3.23. The van der Waals surface area contributed by atoms with Crippen molar-refractivity contribution in [3.63, 3.8) is 0 Å². The van der Waals surface area contributed by atoms with E-state index in [9.17, 15) is 0 Å². The maximum Gasteiger partial charge on any atom is 0.148 e. The van der Waals surface area contributed by atoms with Gasteiger partial charge in [-0.1, -0.05) is 40.9 Å². The lowest BCUT2D eigenvalue weighted by atomic mass is 10.1. The largest absolute Gasteiger partial charge is 0.321 e. The second-order valence-corrected chi connectivity index (χ2v) is 3.53. The van der Waals surface area contributed by atoms with Gasteiger partial charge < -0.3 is 5.73 Å². The van der Waals surface area contributed by atoms with Crippen molar-refractivity contribution in [2.45, 2.75) is 6.04 Å². The third-order valence-corrected chi connectivity index (χ3v) is 2.62. The highest BCUT2D eigenvalue weighted by atomic mass is 35.5. The molecule has 0 unspecified atom stereocenters. The van der Waals surface area contributed by atoms with Gasteiger partial charge in [0, 0.05) is 11.8 Å². The molecule has 0 saturated carbocycles. The molecule has 1 aromatic rings. The van der Waals surface area contributed by atoms with Gasteiger partial charge in [-0.05, 0) is 0 Å². The van der Waals surface area contributed by atoms with Crippen molar-refractivity contribution in [2.75, 3.05) is 0 Å². The number of nitrogens with two attached hydrogens (primary N) is 1. The van der Waals surface area contributed by atoms with Gasteiger partial charge in [0.2, 0.25) is 0 Å². The van der Waals surface area contributed by atoms with Gasteiger partial charge in [0.1, 0.15) is 5.15 Å². The van der Waals surface area contributed by atoms with Gasteiger partial charge in [0.25, 0.3) is 0 Å². The summed E-state index contributed by atoms with van der Waals surface area (Å²) in [6.45, 7) is 3.54. The monoisotopic (exact) mass is 236 g/mol. The first-order valence-electron chi connectivity index (χ1n) is 3.45. The fourth-order valence-electron chi connectivity index (χ4n) is 0.879. The molecule has 1 rings (SSSR count). The number of hydrogen-bond donors (Lipinski definition) is 1. The van der Waals surface area contributed by atoms with E-state index < -0.39 is 6.04 Å². The maximum atomic E-state index is 5.87. The molecule has 0 radical (unpaired) electrons. The van der Waals surface area contributed by atoms with Crippen molar-refractivity contribution in [2.24, 2.45) is 5.73 Å². The molecule has 0 spiro atoms. The molecule has 0 aliphatic heterocycles. The zero-order valence-electron chi connectivity index (χ0n) is 6.60. The zero-order chi connectivity index (χ0) is 10.0. The van der Waals surface area contributed by atoms with Crippen molar-refractivity contribution in [1.29, 1.82) is 0 Å². The highest BCUT2D eigenvalue weighted by Crippen LogP contribution is 2.33. The Morgan fingerprint density at radius 1 is 1.46 bits per heavy atom. The normalized spacial score (nSPS) is 12.6. The molecule has 1 heterocycles. The summed E-state index contributed by atoms with van der Waals surface area (Å²) in [7, 11) is 0. The molecular weight excluding hydrogens is 230 g/mol. The van der Waals surface area contributed by atoms with E-state index in [-0.39, 0.29) is 10.2 Å². The highest BCUT2D eigenvalue weighted by Gasteiger charge is 2.14. The molecule has 0 saturated heterocycles. The van der Waals surface area contributed by atoms with E-state index >= 15 is 0 Å². The van der Waals surface area contributed by atoms with Crippen LogP contribution >= 0.6 is 34.8 Å². The molecule has 0 aromatic carbocycles.